The van der Waals surface area contributed by atoms with Gasteiger partial charge in [-0.1, -0.05) is 18.2 Å². The van der Waals surface area contributed by atoms with Crippen LogP contribution in [0.2, 0.25) is 0 Å². The third kappa shape index (κ3) is 4.27. The molecule has 0 spiro atoms. The first-order valence-corrected chi connectivity index (χ1v) is 11.3. The Labute approximate surface area is 186 Å². The SMILES string of the molecule is COc1ccc(N2CCN(c3nc(NCc4cccs4)c4ccccc4n3)CC2)cc1. The van der Waals surface area contributed by atoms with E-state index in [-0.39, 0.29) is 0 Å². The minimum atomic E-state index is 0.767. The Morgan fingerprint density at radius 1 is 0.903 bits per heavy atom. The van der Waals surface area contributed by atoms with Gasteiger partial charge in [-0.3, -0.25) is 0 Å². The molecule has 0 atom stereocenters. The predicted octanol–water partition coefficient (Wildman–Crippen LogP) is 4.64. The van der Waals surface area contributed by atoms with Crippen molar-refractivity contribution in [3.05, 3.63) is 70.9 Å². The second-order valence-corrected chi connectivity index (χ2v) is 8.53. The van der Waals surface area contributed by atoms with Gasteiger partial charge in [-0.05, 0) is 47.8 Å². The lowest BCUT2D eigenvalue weighted by molar-refractivity contribution is 0.415. The Kier molecular flexibility index (Phi) is 5.58. The fourth-order valence-corrected chi connectivity index (χ4v) is 4.53. The van der Waals surface area contributed by atoms with Crippen LogP contribution in [0.4, 0.5) is 17.5 Å². The number of rotatable bonds is 6. The van der Waals surface area contributed by atoms with Crippen LogP contribution in [0.25, 0.3) is 10.9 Å². The van der Waals surface area contributed by atoms with Crippen LogP contribution in [-0.4, -0.2) is 43.3 Å². The van der Waals surface area contributed by atoms with Crippen LogP contribution in [0, 0.1) is 0 Å². The van der Waals surface area contributed by atoms with Crippen LogP contribution >= 0.6 is 11.3 Å². The lowest BCUT2D eigenvalue weighted by Crippen LogP contribution is -2.47. The van der Waals surface area contributed by atoms with Crippen LogP contribution < -0.4 is 19.9 Å². The Balaban J connectivity index is 1.34. The number of thiophene rings is 1. The summed E-state index contributed by atoms with van der Waals surface area (Å²) in [5.74, 6) is 2.57. The molecule has 3 heterocycles. The molecule has 0 unspecified atom stereocenters. The maximum absolute atomic E-state index is 5.27. The van der Waals surface area contributed by atoms with E-state index in [9.17, 15) is 0 Å². The number of nitrogens with one attached hydrogen (secondary N) is 1. The summed E-state index contributed by atoms with van der Waals surface area (Å²) in [5.41, 5.74) is 2.19. The summed E-state index contributed by atoms with van der Waals surface area (Å²) < 4.78 is 5.27. The molecular formula is C24H25N5OS. The number of aromatic nitrogens is 2. The molecule has 158 valence electrons. The lowest BCUT2D eigenvalue weighted by atomic mass is 10.2. The average Bonchev–Trinajstić information content (AvgIpc) is 3.36. The molecule has 1 aliphatic rings. The largest absolute Gasteiger partial charge is 0.497 e. The maximum Gasteiger partial charge on any atom is 0.228 e. The van der Waals surface area contributed by atoms with E-state index in [2.05, 4.69) is 56.9 Å². The Hall–Kier alpha value is -3.32. The van der Waals surface area contributed by atoms with Crippen molar-refractivity contribution in [3.8, 4) is 5.75 Å². The Morgan fingerprint density at radius 3 is 2.42 bits per heavy atom. The molecule has 1 fully saturated rings. The molecule has 7 heteroatoms. The second-order valence-electron chi connectivity index (χ2n) is 7.49. The highest BCUT2D eigenvalue weighted by molar-refractivity contribution is 7.09. The predicted molar refractivity (Wildman–Crippen MR) is 129 cm³/mol. The molecule has 2 aromatic carbocycles. The number of fused-ring (bicyclic) bond motifs is 1. The summed E-state index contributed by atoms with van der Waals surface area (Å²) in [5, 5.41) is 6.68. The van der Waals surface area contributed by atoms with Gasteiger partial charge in [-0.2, -0.15) is 4.98 Å². The van der Waals surface area contributed by atoms with Crippen molar-refractivity contribution < 1.29 is 4.74 Å². The first kappa shape index (κ1) is 19.6. The van der Waals surface area contributed by atoms with E-state index in [0.717, 1.165) is 61.1 Å². The molecule has 4 aromatic rings. The van der Waals surface area contributed by atoms with Crippen LogP contribution in [0.15, 0.2) is 66.0 Å². The fraction of sp³-hybridized carbons (Fsp3) is 0.250. The zero-order valence-corrected chi connectivity index (χ0v) is 18.3. The molecule has 1 N–H and O–H groups in total. The number of piperazine rings is 1. The molecule has 1 aliphatic heterocycles. The third-order valence-electron chi connectivity index (χ3n) is 5.60. The van der Waals surface area contributed by atoms with Crippen molar-refractivity contribution in [3.63, 3.8) is 0 Å². The molecular weight excluding hydrogens is 406 g/mol. The van der Waals surface area contributed by atoms with Gasteiger partial charge in [0.25, 0.3) is 0 Å². The Bertz CT molecular complexity index is 1140. The highest BCUT2D eigenvalue weighted by Gasteiger charge is 2.21. The molecule has 31 heavy (non-hydrogen) atoms. The molecule has 0 saturated carbocycles. The van der Waals surface area contributed by atoms with E-state index in [1.807, 2.05) is 24.3 Å². The number of hydrogen-bond donors (Lipinski definition) is 1. The van der Waals surface area contributed by atoms with Gasteiger partial charge in [-0.15, -0.1) is 11.3 Å². The number of para-hydroxylation sites is 1. The molecule has 0 amide bonds. The monoisotopic (exact) mass is 431 g/mol. The zero-order chi connectivity index (χ0) is 21.0. The minimum Gasteiger partial charge on any atom is -0.497 e. The van der Waals surface area contributed by atoms with Crippen molar-refractivity contribution in [2.24, 2.45) is 0 Å². The van der Waals surface area contributed by atoms with Crippen molar-refractivity contribution >= 4 is 39.7 Å². The highest BCUT2D eigenvalue weighted by Crippen LogP contribution is 2.26. The number of anilines is 3. The van der Waals surface area contributed by atoms with Gasteiger partial charge in [-0.25, -0.2) is 4.98 Å². The van der Waals surface area contributed by atoms with E-state index >= 15 is 0 Å². The fourth-order valence-electron chi connectivity index (χ4n) is 3.88. The maximum atomic E-state index is 5.27. The summed E-state index contributed by atoms with van der Waals surface area (Å²) >= 11 is 1.75. The van der Waals surface area contributed by atoms with Gasteiger partial charge in [0.15, 0.2) is 0 Å². The summed E-state index contributed by atoms with van der Waals surface area (Å²) in [4.78, 5) is 15.8. The molecule has 5 rings (SSSR count). The smallest absolute Gasteiger partial charge is 0.228 e. The van der Waals surface area contributed by atoms with Gasteiger partial charge in [0.2, 0.25) is 5.95 Å². The van der Waals surface area contributed by atoms with Crippen LogP contribution in [0.5, 0.6) is 5.75 Å². The summed E-state index contributed by atoms with van der Waals surface area (Å²) in [7, 11) is 1.70. The topological polar surface area (TPSA) is 53.5 Å². The molecule has 0 bridgehead atoms. The quantitative estimate of drug-likeness (QED) is 0.480. The van der Waals surface area contributed by atoms with Gasteiger partial charge in [0.05, 0.1) is 19.2 Å². The average molecular weight is 432 g/mol. The van der Waals surface area contributed by atoms with Gasteiger partial charge < -0.3 is 19.9 Å². The van der Waals surface area contributed by atoms with E-state index < -0.39 is 0 Å². The highest BCUT2D eigenvalue weighted by atomic mass is 32.1. The van der Waals surface area contributed by atoms with Crippen molar-refractivity contribution in [2.45, 2.75) is 6.54 Å². The number of methoxy groups -OCH3 is 1. The first-order chi connectivity index (χ1) is 15.3. The summed E-state index contributed by atoms with van der Waals surface area (Å²) in [6.07, 6.45) is 0. The normalized spacial score (nSPS) is 14.1. The van der Waals surface area contributed by atoms with Gasteiger partial charge in [0, 0.05) is 42.1 Å². The van der Waals surface area contributed by atoms with E-state index in [1.165, 1.54) is 10.6 Å². The molecule has 0 radical (unpaired) electrons. The second kappa shape index (κ2) is 8.81. The van der Waals surface area contributed by atoms with Crippen molar-refractivity contribution in [1.82, 2.24) is 9.97 Å². The van der Waals surface area contributed by atoms with Crippen molar-refractivity contribution in [1.29, 1.82) is 0 Å². The molecule has 6 nitrogen and oxygen atoms in total. The standard InChI is InChI=1S/C24H25N5OS/c1-30-19-10-8-18(9-11-19)28-12-14-29(15-13-28)24-26-22-7-3-2-6-21(22)23(27-24)25-17-20-5-4-16-31-20/h2-11,16H,12-15,17H2,1H3,(H,25,26,27). The number of benzene rings is 2. The van der Waals surface area contributed by atoms with E-state index in [4.69, 9.17) is 14.7 Å². The van der Waals surface area contributed by atoms with E-state index in [0.29, 0.717) is 0 Å². The summed E-state index contributed by atoms with van der Waals surface area (Å²) in [6.45, 7) is 4.40. The van der Waals surface area contributed by atoms with E-state index in [1.54, 1.807) is 18.4 Å². The first-order valence-electron chi connectivity index (χ1n) is 10.5. The molecule has 0 aliphatic carbocycles. The van der Waals surface area contributed by atoms with Gasteiger partial charge in [0.1, 0.15) is 11.6 Å². The number of nitrogens with zero attached hydrogens (tertiary/aromatic N) is 4. The molecule has 2 aromatic heterocycles. The molecule has 1 saturated heterocycles. The lowest BCUT2D eigenvalue weighted by Gasteiger charge is -2.36. The van der Waals surface area contributed by atoms with Crippen molar-refractivity contribution in [2.75, 3.05) is 48.4 Å². The van der Waals surface area contributed by atoms with Crippen LogP contribution in [0.3, 0.4) is 0 Å². The van der Waals surface area contributed by atoms with Crippen LogP contribution in [0.1, 0.15) is 4.88 Å². The minimum absolute atomic E-state index is 0.767. The Morgan fingerprint density at radius 2 is 1.68 bits per heavy atom. The number of hydrogen-bond acceptors (Lipinski definition) is 7. The van der Waals surface area contributed by atoms with Gasteiger partial charge >= 0.3 is 0 Å². The van der Waals surface area contributed by atoms with Crippen LogP contribution in [-0.2, 0) is 6.54 Å². The summed E-state index contributed by atoms with van der Waals surface area (Å²) in [6, 6.07) is 20.7. The zero-order valence-electron chi connectivity index (χ0n) is 17.5. The third-order valence-corrected chi connectivity index (χ3v) is 6.48. The number of ether oxygens (including phenoxy) is 1.